The fourth-order valence-corrected chi connectivity index (χ4v) is 2.67. The summed E-state index contributed by atoms with van der Waals surface area (Å²) in [6.07, 6.45) is 0. The molecule has 2 aromatic rings. The third kappa shape index (κ3) is 2.25. The van der Waals surface area contributed by atoms with Crippen molar-refractivity contribution in [2.45, 2.75) is 6.92 Å². The molecule has 0 bridgehead atoms. The third-order valence-corrected chi connectivity index (χ3v) is 3.67. The van der Waals surface area contributed by atoms with Crippen molar-refractivity contribution in [1.29, 1.82) is 0 Å². The van der Waals surface area contributed by atoms with Gasteiger partial charge in [-0.25, -0.2) is 0 Å². The van der Waals surface area contributed by atoms with E-state index >= 15 is 0 Å². The normalized spacial score (nSPS) is 10.7. The van der Waals surface area contributed by atoms with Crippen LogP contribution in [-0.4, -0.2) is 24.2 Å². The van der Waals surface area contributed by atoms with Crippen molar-refractivity contribution >= 4 is 33.0 Å². The van der Waals surface area contributed by atoms with Gasteiger partial charge in [0.1, 0.15) is 4.88 Å². The number of aliphatic hydroxyl groups excluding tert-OH is 1. The Morgan fingerprint density at radius 1 is 1.53 bits per heavy atom. The fraction of sp³-hybridized carbons (Fsp3) is 0.250. The molecule has 0 radical (unpaired) electrons. The van der Waals surface area contributed by atoms with Gasteiger partial charge >= 0.3 is 0 Å². The van der Waals surface area contributed by atoms with Crippen LogP contribution >= 0.6 is 11.3 Å². The number of aryl methyl sites for hydroxylation is 1. The van der Waals surface area contributed by atoms with Gasteiger partial charge < -0.3 is 16.2 Å². The van der Waals surface area contributed by atoms with Gasteiger partial charge in [-0.1, -0.05) is 11.6 Å². The summed E-state index contributed by atoms with van der Waals surface area (Å²) in [6, 6.07) is 5.94. The van der Waals surface area contributed by atoms with Crippen LogP contribution in [0.2, 0.25) is 0 Å². The number of anilines is 1. The molecule has 0 aliphatic carbocycles. The molecule has 1 amide bonds. The molecular weight excluding hydrogens is 236 g/mol. The monoisotopic (exact) mass is 250 g/mol. The molecule has 4 nitrogen and oxygen atoms in total. The van der Waals surface area contributed by atoms with Gasteiger partial charge in [0, 0.05) is 16.6 Å². The van der Waals surface area contributed by atoms with Gasteiger partial charge in [-0.2, -0.15) is 0 Å². The number of thiophene rings is 1. The predicted molar refractivity (Wildman–Crippen MR) is 70.4 cm³/mol. The first-order chi connectivity index (χ1) is 8.13. The van der Waals surface area contributed by atoms with E-state index in [4.69, 9.17) is 10.8 Å². The summed E-state index contributed by atoms with van der Waals surface area (Å²) >= 11 is 1.37. The molecule has 0 atom stereocenters. The lowest BCUT2D eigenvalue weighted by molar-refractivity contribution is 0.0949. The molecule has 5 heteroatoms. The van der Waals surface area contributed by atoms with E-state index in [0.29, 0.717) is 10.6 Å². The Balaban J connectivity index is 2.42. The first-order valence-corrected chi connectivity index (χ1v) is 6.13. The quantitative estimate of drug-likeness (QED) is 0.773. The highest BCUT2D eigenvalue weighted by Gasteiger charge is 2.15. The zero-order valence-electron chi connectivity index (χ0n) is 9.49. The molecule has 0 aliphatic heterocycles. The lowest BCUT2D eigenvalue weighted by Crippen LogP contribution is -2.26. The number of fused-ring (bicyclic) bond motifs is 1. The van der Waals surface area contributed by atoms with Gasteiger partial charge in [-0.3, -0.25) is 4.79 Å². The van der Waals surface area contributed by atoms with Crippen LogP contribution in [0.15, 0.2) is 18.2 Å². The second-order valence-electron chi connectivity index (χ2n) is 3.82. The number of hydrogen-bond acceptors (Lipinski definition) is 4. The van der Waals surface area contributed by atoms with Gasteiger partial charge in [0.15, 0.2) is 0 Å². The molecule has 0 saturated heterocycles. The summed E-state index contributed by atoms with van der Waals surface area (Å²) in [6.45, 7) is 2.16. The van der Waals surface area contributed by atoms with Crippen molar-refractivity contribution < 1.29 is 9.90 Å². The van der Waals surface area contributed by atoms with Crippen LogP contribution in [0.25, 0.3) is 10.1 Å². The van der Waals surface area contributed by atoms with Gasteiger partial charge in [-0.15, -0.1) is 11.3 Å². The number of nitrogen functional groups attached to an aromatic ring is 1. The second-order valence-corrected chi connectivity index (χ2v) is 4.88. The molecule has 4 N–H and O–H groups in total. The maximum Gasteiger partial charge on any atom is 0.263 e. The molecule has 90 valence electrons. The summed E-state index contributed by atoms with van der Waals surface area (Å²) in [7, 11) is 0. The van der Waals surface area contributed by atoms with Crippen LogP contribution in [0, 0.1) is 6.92 Å². The zero-order chi connectivity index (χ0) is 12.4. The Morgan fingerprint density at radius 2 is 2.29 bits per heavy atom. The van der Waals surface area contributed by atoms with Crippen molar-refractivity contribution in [2.24, 2.45) is 0 Å². The van der Waals surface area contributed by atoms with E-state index in [0.717, 1.165) is 15.6 Å². The van der Waals surface area contributed by atoms with Crippen molar-refractivity contribution in [3.63, 3.8) is 0 Å². The Hall–Kier alpha value is -1.59. The average molecular weight is 250 g/mol. The number of benzene rings is 1. The van der Waals surface area contributed by atoms with Crippen molar-refractivity contribution in [3.05, 3.63) is 28.6 Å². The SMILES string of the molecule is Cc1ccc2sc(C(=O)NCCO)c(N)c2c1. The third-order valence-electron chi connectivity index (χ3n) is 2.49. The van der Waals surface area contributed by atoms with E-state index in [1.54, 1.807) is 0 Å². The zero-order valence-corrected chi connectivity index (χ0v) is 10.3. The van der Waals surface area contributed by atoms with Gasteiger partial charge in [0.25, 0.3) is 5.91 Å². The second kappa shape index (κ2) is 4.73. The van der Waals surface area contributed by atoms with Gasteiger partial charge in [0.05, 0.1) is 12.3 Å². The van der Waals surface area contributed by atoms with E-state index in [9.17, 15) is 4.79 Å². The first kappa shape index (κ1) is 11.9. The number of rotatable bonds is 3. The highest BCUT2D eigenvalue weighted by Crippen LogP contribution is 2.33. The Bertz CT molecular complexity index is 563. The minimum Gasteiger partial charge on any atom is -0.397 e. The molecule has 0 saturated carbocycles. The Kier molecular flexibility index (Phi) is 3.31. The lowest BCUT2D eigenvalue weighted by atomic mass is 10.1. The smallest absolute Gasteiger partial charge is 0.263 e. The maximum absolute atomic E-state index is 11.8. The molecule has 0 aliphatic rings. The highest BCUT2D eigenvalue weighted by atomic mass is 32.1. The number of hydrogen-bond donors (Lipinski definition) is 3. The van der Waals surface area contributed by atoms with Crippen LogP contribution in [0.5, 0.6) is 0 Å². The molecule has 1 heterocycles. The molecule has 1 aromatic carbocycles. The maximum atomic E-state index is 11.8. The van der Waals surface area contributed by atoms with Crippen LogP contribution in [0.4, 0.5) is 5.69 Å². The predicted octanol–water partition coefficient (Wildman–Crippen LogP) is 1.51. The minimum absolute atomic E-state index is 0.0738. The molecule has 0 spiro atoms. The lowest BCUT2D eigenvalue weighted by Gasteiger charge is -2.01. The number of carbonyl (C=O) groups is 1. The first-order valence-electron chi connectivity index (χ1n) is 5.31. The van der Waals surface area contributed by atoms with Crippen LogP contribution in [0.3, 0.4) is 0 Å². The van der Waals surface area contributed by atoms with E-state index in [1.807, 2.05) is 25.1 Å². The van der Waals surface area contributed by atoms with Crippen molar-refractivity contribution in [1.82, 2.24) is 5.32 Å². The summed E-state index contributed by atoms with van der Waals surface area (Å²) in [5.41, 5.74) is 7.60. The van der Waals surface area contributed by atoms with E-state index < -0.39 is 0 Å². The topological polar surface area (TPSA) is 75.3 Å². The minimum atomic E-state index is -0.226. The number of amides is 1. The molecule has 0 unspecified atom stereocenters. The van der Waals surface area contributed by atoms with Crippen molar-refractivity contribution in [3.8, 4) is 0 Å². The largest absolute Gasteiger partial charge is 0.397 e. The molecular formula is C12H14N2O2S. The number of nitrogens with two attached hydrogens (primary N) is 1. The number of nitrogens with one attached hydrogen (secondary N) is 1. The van der Waals surface area contributed by atoms with E-state index in [2.05, 4.69) is 5.32 Å². The van der Waals surface area contributed by atoms with Crippen LogP contribution in [0.1, 0.15) is 15.2 Å². The molecule has 17 heavy (non-hydrogen) atoms. The fourth-order valence-electron chi connectivity index (χ4n) is 1.65. The molecule has 1 aromatic heterocycles. The van der Waals surface area contributed by atoms with Crippen LogP contribution in [-0.2, 0) is 0 Å². The van der Waals surface area contributed by atoms with E-state index in [1.165, 1.54) is 11.3 Å². The van der Waals surface area contributed by atoms with E-state index in [-0.39, 0.29) is 19.1 Å². The summed E-state index contributed by atoms with van der Waals surface area (Å²) in [4.78, 5) is 12.3. The average Bonchev–Trinajstić information content (AvgIpc) is 2.64. The Morgan fingerprint density at radius 3 is 3.00 bits per heavy atom. The number of carbonyl (C=O) groups excluding carboxylic acids is 1. The summed E-state index contributed by atoms with van der Waals surface area (Å²) in [5, 5.41) is 12.2. The number of aliphatic hydroxyl groups is 1. The van der Waals surface area contributed by atoms with Crippen LogP contribution < -0.4 is 11.1 Å². The summed E-state index contributed by atoms with van der Waals surface area (Å²) < 4.78 is 1.00. The van der Waals surface area contributed by atoms with Crippen molar-refractivity contribution in [2.75, 3.05) is 18.9 Å². The standard InChI is InChI=1S/C12H14N2O2S/c1-7-2-3-9-8(6-7)10(13)11(17-9)12(16)14-4-5-15/h2-3,6,15H,4-5,13H2,1H3,(H,14,16). The van der Waals surface area contributed by atoms with Gasteiger partial charge in [0.2, 0.25) is 0 Å². The highest BCUT2D eigenvalue weighted by molar-refractivity contribution is 7.21. The van der Waals surface area contributed by atoms with Gasteiger partial charge in [-0.05, 0) is 19.1 Å². The molecule has 2 rings (SSSR count). The Labute approximate surface area is 103 Å². The molecule has 0 fully saturated rings. The summed E-state index contributed by atoms with van der Waals surface area (Å²) in [5.74, 6) is -0.226.